The Hall–Kier alpha value is -1.64. The summed E-state index contributed by atoms with van der Waals surface area (Å²) in [7, 11) is 0. The lowest BCUT2D eigenvalue weighted by Gasteiger charge is -2.18. The van der Waals surface area contributed by atoms with Crippen molar-refractivity contribution in [3.05, 3.63) is 70.8 Å². The summed E-state index contributed by atoms with van der Waals surface area (Å²) in [6.45, 7) is 2.65. The molecule has 1 aliphatic rings. The fourth-order valence-electron chi connectivity index (χ4n) is 3.02. The minimum absolute atomic E-state index is 0.380. The molecule has 0 saturated carbocycles. The van der Waals surface area contributed by atoms with Crippen molar-refractivity contribution in [2.45, 2.75) is 31.9 Å². The summed E-state index contributed by atoms with van der Waals surface area (Å²) < 4.78 is 0. The van der Waals surface area contributed by atoms with Gasteiger partial charge >= 0.3 is 0 Å². The quantitative estimate of drug-likeness (QED) is 0.891. The van der Waals surface area contributed by atoms with Crippen LogP contribution in [0.3, 0.4) is 0 Å². The van der Waals surface area contributed by atoms with Gasteiger partial charge in [-0.1, -0.05) is 54.1 Å². The molecule has 2 unspecified atom stereocenters. The van der Waals surface area contributed by atoms with Crippen LogP contribution in [-0.2, 0) is 6.42 Å². The fraction of sp³-hybridized carbons (Fsp3) is 0.333. The van der Waals surface area contributed by atoms with Crippen LogP contribution in [0.25, 0.3) is 0 Å². The van der Waals surface area contributed by atoms with Crippen molar-refractivity contribution in [2.75, 3.05) is 6.54 Å². The Kier molecular flexibility index (Phi) is 3.86. The number of rotatable bonds is 4. The molecular formula is C18H21NO. The largest absolute Gasteiger partial charge is 0.387 e. The monoisotopic (exact) mass is 267 g/mol. The van der Waals surface area contributed by atoms with Crippen LogP contribution in [0.15, 0.2) is 48.5 Å². The lowest BCUT2D eigenvalue weighted by atomic mass is 10.1. The Morgan fingerprint density at radius 2 is 2.05 bits per heavy atom. The number of benzene rings is 2. The number of aryl methyl sites for hydroxylation is 2. The first-order chi connectivity index (χ1) is 9.74. The van der Waals surface area contributed by atoms with Crippen LogP contribution in [0.5, 0.6) is 0 Å². The first-order valence-corrected chi connectivity index (χ1v) is 7.30. The maximum Gasteiger partial charge on any atom is 0.0914 e. The Bertz CT molecular complexity index is 593. The van der Waals surface area contributed by atoms with E-state index in [2.05, 4.69) is 48.6 Å². The van der Waals surface area contributed by atoms with Gasteiger partial charge in [0.1, 0.15) is 0 Å². The van der Waals surface area contributed by atoms with Gasteiger partial charge in [-0.25, -0.2) is 0 Å². The van der Waals surface area contributed by atoms with Crippen molar-refractivity contribution in [3.63, 3.8) is 0 Å². The second-order valence-corrected chi connectivity index (χ2v) is 5.63. The van der Waals surface area contributed by atoms with E-state index in [1.54, 1.807) is 0 Å². The summed E-state index contributed by atoms with van der Waals surface area (Å²) >= 11 is 0. The first kappa shape index (κ1) is 13.3. The summed E-state index contributed by atoms with van der Waals surface area (Å²) in [4.78, 5) is 0. The van der Waals surface area contributed by atoms with E-state index < -0.39 is 6.10 Å². The SMILES string of the molecule is Cc1cccc(C(O)CNC2CCc3ccccc32)c1. The van der Waals surface area contributed by atoms with E-state index in [9.17, 15) is 5.11 Å². The van der Waals surface area contributed by atoms with Crippen LogP contribution in [0, 0.1) is 6.92 Å². The Morgan fingerprint density at radius 3 is 2.90 bits per heavy atom. The van der Waals surface area contributed by atoms with Gasteiger partial charge in [0.25, 0.3) is 0 Å². The molecule has 0 spiro atoms. The zero-order chi connectivity index (χ0) is 13.9. The topological polar surface area (TPSA) is 32.3 Å². The molecular weight excluding hydrogens is 246 g/mol. The van der Waals surface area contributed by atoms with Crippen molar-refractivity contribution in [1.82, 2.24) is 5.32 Å². The normalized spacial score (nSPS) is 18.8. The van der Waals surface area contributed by atoms with Gasteiger partial charge in [0, 0.05) is 12.6 Å². The third kappa shape index (κ3) is 2.77. The van der Waals surface area contributed by atoms with Crippen molar-refractivity contribution in [1.29, 1.82) is 0 Å². The van der Waals surface area contributed by atoms with Crippen molar-refractivity contribution >= 4 is 0 Å². The second-order valence-electron chi connectivity index (χ2n) is 5.63. The number of fused-ring (bicyclic) bond motifs is 1. The number of nitrogens with one attached hydrogen (secondary N) is 1. The Morgan fingerprint density at radius 1 is 1.20 bits per heavy atom. The van der Waals surface area contributed by atoms with E-state index in [4.69, 9.17) is 0 Å². The third-order valence-electron chi connectivity index (χ3n) is 4.12. The van der Waals surface area contributed by atoms with Crippen LogP contribution in [0.4, 0.5) is 0 Å². The highest BCUT2D eigenvalue weighted by Gasteiger charge is 2.22. The molecule has 2 atom stereocenters. The van der Waals surface area contributed by atoms with Crippen LogP contribution in [-0.4, -0.2) is 11.7 Å². The van der Waals surface area contributed by atoms with E-state index in [1.807, 2.05) is 12.1 Å². The van der Waals surface area contributed by atoms with Crippen LogP contribution in [0.2, 0.25) is 0 Å². The predicted molar refractivity (Wildman–Crippen MR) is 81.6 cm³/mol. The van der Waals surface area contributed by atoms with E-state index in [0.29, 0.717) is 12.6 Å². The average molecular weight is 267 g/mol. The number of hydrogen-bond donors (Lipinski definition) is 2. The highest BCUT2D eigenvalue weighted by molar-refractivity contribution is 5.34. The van der Waals surface area contributed by atoms with Gasteiger partial charge in [-0.2, -0.15) is 0 Å². The average Bonchev–Trinajstić information content (AvgIpc) is 2.88. The zero-order valence-electron chi connectivity index (χ0n) is 11.8. The molecule has 0 amide bonds. The van der Waals surface area contributed by atoms with Gasteiger partial charge in [-0.05, 0) is 36.5 Å². The van der Waals surface area contributed by atoms with Crippen LogP contribution in [0.1, 0.15) is 40.8 Å². The zero-order valence-corrected chi connectivity index (χ0v) is 11.8. The van der Waals surface area contributed by atoms with Crippen molar-refractivity contribution in [2.24, 2.45) is 0 Å². The van der Waals surface area contributed by atoms with E-state index in [1.165, 1.54) is 16.7 Å². The maximum absolute atomic E-state index is 10.3. The molecule has 0 bridgehead atoms. The number of hydrogen-bond acceptors (Lipinski definition) is 2. The maximum atomic E-state index is 10.3. The third-order valence-corrected chi connectivity index (χ3v) is 4.12. The summed E-state index contributed by atoms with van der Waals surface area (Å²) in [6.07, 6.45) is 1.82. The molecule has 2 aromatic carbocycles. The minimum Gasteiger partial charge on any atom is -0.387 e. The second kappa shape index (κ2) is 5.78. The predicted octanol–water partition coefficient (Wildman–Crippen LogP) is 3.31. The van der Waals surface area contributed by atoms with E-state index >= 15 is 0 Å². The molecule has 2 N–H and O–H groups in total. The summed E-state index contributed by atoms with van der Waals surface area (Å²) in [6, 6.07) is 17.1. The molecule has 0 aliphatic heterocycles. The Balaban J connectivity index is 1.63. The van der Waals surface area contributed by atoms with Crippen LogP contribution < -0.4 is 5.32 Å². The van der Waals surface area contributed by atoms with Crippen molar-refractivity contribution < 1.29 is 5.11 Å². The molecule has 2 aromatic rings. The molecule has 3 rings (SSSR count). The van der Waals surface area contributed by atoms with E-state index in [0.717, 1.165) is 18.4 Å². The Labute approximate surface area is 120 Å². The lowest BCUT2D eigenvalue weighted by Crippen LogP contribution is -2.25. The highest BCUT2D eigenvalue weighted by atomic mass is 16.3. The van der Waals surface area contributed by atoms with Crippen LogP contribution >= 0.6 is 0 Å². The highest BCUT2D eigenvalue weighted by Crippen LogP contribution is 2.31. The number of aliphatic hydroxyl groups is 1. The first-order valence-electron chi connectivity index (χ1n) is 7.30. The van der Waals surface area contributed by atoms with Gasteiger partial charge < -0.3 is 10.4 Å². The molecule has 0 aromatic heterocycles. The molecule has 20 heavy (non-hydrogen) atoms. The molecule has 0 fully saturated rings. The van der Waals surface area contributed by atoms with Gasteiger partial charge in [0.2, 0.25) is 0 Å². The standard InChI is InChI=1S/C18H21NO/c1-13-5-4-7-15(11-13)18(20)12-19-17-10-9-14-6-2-3-8-16(14)17/h2-8,11,17-20H,9-10,12H2,1H3. The molecule has 2 heteroatoms. The van der Waals surface area contributed by atoms with Gasteiger partial charge in [-0.3, -0.25) is 0 Å². The molecule has 2 nitrogen and oxygen atoms in total. The summed E-state index contributed by atoms with van der Waals surface area (Å²) in [5.41, 5.74) is 5.01. The van der Waals surface area contributed by atoms with Crippen molar-refractivity contribution in [3.8, 4) is 0 Å². The molecule has 0 radical (unpaired) electrons. The molecule has 0 heterocycles. The van der Waals surface area contributed by atoms with Gasteiger partial charge in [-0.15, -0.1) is 0 Å². The molecule has 1 aliphatic carbocycles. The molecule has 104 valence electrons. The molecule has 0 saturated heterocycles. The van der Waals surface area contributed by atoms with Gasteiger partial charge in [0.15, 0.2) is 0 Å². The summed E-state index contributed by atoms with van der Waals surface area (Å²) in [5.74, 6) is 0. The minimum atomic E-state index is -0.442. The summed E-state index contributed by atoms with van der Waals surface area (Å²) in [5, 5.41) is 13.8. The van der Waals surface area contributed by atoms with E-state index in [-0.39, 0.29) is 0 Å². The number of aliphatic hydroxyl groups excluding tert-OH is 1. The fourth-order valence-corrected chi connectivity index (χ4v) is 3.02. The smallest absolute Gasteiger partial charge is 0.0914 e. The van der Waals surface area contributed by atoms with Gasteiger partial charge in [0.05, 0.1) is 6.10 Å². The lowest BCUT2D eigenvalue weighted by molar-refractivity contribution is 0.169.